The number of amides is 3. The third-order valence-corrected chi connectivity index (χ3v) is 9.64. The number of thiophene rings is 1. The molecule has 39 heavy (non-hydrogen) atoms. The van der Waals surface area contributed by atoms with Crippen LogP contribution in [0.2, 0.25) is 0 Å². The van der Waals surface area contributed by atoms with E-state index in [1.165, 1.54) is 59.0 Å². The van der Waals surface area contributed by atoms with E-state index in [0.717, 1.165) is 10.4 Å². The summed E-state index contributed by atoms with van der Waals surface area (Å²) < 4.78 is 32.6. The van der Waals surface area contributed by atoms with Crippen LogP contribution >= 0.6 is 11.3 Å². The molecular weight excluding hydrogens is 540 g/mol. The number of hydrogen-bond acceptors (Lipinski definition) is 7. The summed E-state index contributed by atoms with van der Waals surface area (Å²) in [4.78, 5) is 43.1. The number of nitrogens with zero attached hydrogens (tertiary/aromatic N) is 3. The minimum Gasteiger partial charge on any atom is -0.378 e. The van der Waals surface area contributed by atoms with E-state index >= 15 is 0 Å². The fourth-order valence-corrected chi connectivity index (χ4v) is 7.20. The first kappa shape index (κ1) is 28.7. The first-order chi connectivity index (χ1) is 18.7. The number of morpholine rings is 1. The van der Waals surface area contributed by atoms with Gasteiger partial charge < -0.3 is 19.9 Å². The van der Waals surface area contributed by atoms with Gasteiger partial charge in [-0.3, -0.25) is 14.4 Å². The first-order valence-electron chi connectivity index (χ1n) is 12.6. The normalized spacial score (nSPS) is 15.5. The van der Waals surface area contributed by atoms with Crippen LogP contribution in [0.3, 0.4) is 0 Å². The number of fused-ring (bicyclic) bond motifs is 1. The highest BCUT2D eigenvalue weighted by Gasteiger charge is 2.32. The summed E-state index contributed by atoms with van der Waals surface area (Å²) in [5.41, 5.74) is 1.56. The van der Waals surface area contributed by atoms with Gasteiger partial charge >= 0.3 is 0 Å². The van der Waals surface area contributed by atoms with Crippen LogP contribution < -0.4 is 5.32 Å². The molecule has 12 heteroatoms. The molecule has 1 aromatic carbocycles. The number of nitrogens with one attached hydrogen (secondary N) is 1. The Morgan fingerprint density at radius 1 is 1.05 bits per heavy atom. The van der Waals surface area contributed by atoms with Crippen LogP contribution in [-0.2, 0) is 32.5 Å². The van der Waals surface area contributed by atoms with Crippen molar-refractivity contribution in [1.29, 1.82) is 0 Å². The molecule has 208 valence electrons. The minimum absolute atomic E-state index is 0.0434. The summed E-state index contributed by atoms with van der Waals surface area (Å²) in [5, 5.41) is 3.30. The summed E-state index contributed by atoms with van der Waals surface area (Å²) in [6.45, 7) is 11.7. The molecule has 0 radical (unpaired) electrons. The van der Waals surface area contributed by atoms with Crippen LogP contribution in [0.4, 0.5) is 5.00 Å². The Kier molecular flexibility index (Phi) is 9.01. The summed E-state index contributed by atoms with van der Waals surface area (Å²) in [5.74, 6) is -0.685. The molecule has 10 nitrogen and oxygen atoms in total. The van der Waals surface area contributed by atoms with Gasteiger partial charge in [0.15, 0.2) is 0 Å². The number of sulfonamides is 1. The number of rotatable bonds is 9. The molecule has 3 heterocycles. The second kappa shape index (κ2) is 12.2. The first-order valence-corrected chi connectivity index (χ1v) is 14.8. The van der Waals surface area contributed by atoms with Crippen molar-refractivity contribution in [2.45, 2.75) is 24.8 Å². The molecule has 0 bridgehead atoms. The van der Waals surface area contributed by atoms with E-state index in [0.29, 0.717) is 56.4 Å². The Balaban J connectivity index is 1.61. The maximum Gasteiger partial charge on any atom is 0.257 e. The summed E-state index contributed by atoms with van der Waals surface area (Å²) in [6.07, 6.45) is 3.51. The quantitative estimate of drug-likeness (QED) is 0.462. The van der Waals surface area contributed by atoms with Crippen LogP contribution in [0.15, 0.2) is 54.5 Å². The van der Waals surface area contributed by atoms with Crippen LogP contribution in [0, 0.1) is 0 Å². The Morgan fingerprint density at radius 3 is 2.28 bits per heavy atom. The van der Waals surface area contributed by atoms with Crippen molar-refractivity contribution in [3.8, 4) is 0 Å². The van der Waals surface area contributed by atoms with Crippen LogP contribution in [0.1, 0.15) is 38.1 Å². The van der Waals surface area contributed by atoms with Crippen LogP contribution in [-0.4, -0.2) is 86.2 Å². The van der Waals surface area contributed by atoms with Gasteiger partial charge in [0, 0.05) is 50.1 Å². The predicted octanol–water partition coefficient (Wildman–Crippen LogP) is 2.74. The third kappa shape index (κ3) is 6.14. The lowest BCUT2D eigenvalue weighted by atomic mass is 10.0. The second-order valence-corrected chi connectivity index (χ2v) is 12.2. The highest BCUT2D eigenvalue weighted by molar-refractivity contribution is 7.89. The minimum atomic E-state index is -3.80. The summed E-state index contributed by atoms with van der Waals surface area (Å²) in [7, 11) is -3.80. The van der Waals surface area contributed by atoms with Gasteiger partial charge in [-0.15, -0.1) is 24.5 Å². The zero-order chi connectivity index (χ0) is 28.2. The molecule has 2 aliphatic heterocycles. The van der Waals surface area contributed by atoms with Gasteiger partial charge in [0.2, 0.25) is 15.9 Å². The van der Waals surface area contributed by atoms with E-state index in [9.17, 15) is 22.8 Å². The fraction of sp³-hybridized carbons (Fsp3) is 0.370. The Bertz CT molecular complexity index is 1370. The van der Waals surface area contributed by atoms with Gasteiger partial charge in [0.05, 0.1) is 30.2 Å². The lowest BCUT2D eigenvalue weighted by Crippen LogP contribution is -2.41. The number of hydrogen-bond donors (Lipinski definition) is 1. The molecule has 0 atom stereocenters. The number of anilines is 1. The topological polar surface area (TPSA) is 116 Å². The SMILES string of the molecule is C=CCN(CC=C)S(=O)(=O)c1ccc(C(=O)Nc2sc3c(c2C(=O)N2CCOCC2)CCN(C(C)=O)C3)cc1. The zero-order valence-electron chi connectivity index (χ0n) is 21.8. The number of carbonyl (C=O) groups is 3. The van der Waals surface area contributed by atoms with E-state index in [1.807, 2.05) is 0 Å². The molecule has 1 saturated heterocycles. The van der Waals surface area contributed by atoms with Crippen molar-refractivity contribution in [3.05, 3.63) is 71.1 Å². The molecule has 2 aliphatic rings. The van der Waals surface area contributed by atoms with E-state index < -0.39 is 15.9 Å². The standard InChI is InChI=1S/C27H32N4O6S2/c1-4-11-31(12-5-2)39(35,36)21-8-6-20(7-9-21)25(33)28-26-24(27(34)29-14-16-37-17-15-29)22-10-13-30(19(3)32)18-23(22)38-26/h4-9H,1-2,10-18H2,3H3,(H,28,33). The van der Waals surface area contributed by atoms with Crippen molar-refractivity contribution in [2.75, 3.05) is 51.3 Å². The Morgan fingerprint density at radius 2 is 1.69 bits per heavy atom. The Hall–Kier alpha value is -3.32. The molecule has 1 fully saturated rings. The molecule has 3 amide bonds. The summed E-state index contributed by atoms with van der Waals surface area (Å²) >= 11 is 1.29. The largest absolute Gasteiger partial charge is 0.378 e. The van der Waals surface area contributed by atoms with Crippen molar-refractivity contribution in [2.24, 2.45) is 0 Å². The monoisotopic (exact) mass is 572 g/mol. The molecule has 0 unspecified atom stereocenters. The highest BCUT2D eigenvalue weighted by Crippen LogP contribution is 2.38. The molecule has 2 aromatic rings. The molecule has 0 saturated carbocycles. The van der Waals surface area contributed by atoms with Gasteiger partial charge in [-0.1, -0.05) is 12.2 Å². The average Bonchev–Trinajstić information content (AvgIpc) is 3.29. The van der Waals surface area contributed by atoms with Gasteiger partial charge in [-0.25, -0.2) is 8.42 Å². The Labute approximate surface area is 232 Å². The maximum atomic E-state index is 13.6. The lowest BCUT2D eigenvalue weighted by Gasteiger charge is -2.29. The molecule has 0 spiro atoms. The second-order valence-electron chi connectivity index (χ2n) is 9.18. The number of carbonyl (C=O) groups excluding carboxylic acids is 3. The van der Waals surface area contributed by atoms with Crippen molar-refractivity contribution in [3.63, 3.8) is 0 Å². The zero-order valence-corrected chi connectivity index (χ0v) is 23.5. The van der Waals surface area contributed by atoms with E-state index in [-0.39, 0.29) is 35.4 Å². The number of benzene rings is 1. The van der Waals surface area contributed by atoms with Crippen molar-refractivity contribution >= 4 is 44.1 Å². The van der Waals surface area contributed by atoms with Crippen molar-refractivity contribution in [1.82, 2.24) is 14.1 Å². The molecule has 0 aliphatic carbocycles. The fourth-order valence-electron chi connectivity index (χ4n) is 4.57. The third-order valence-electron chi connectivity index (χ3n) is 6.66. The molecule has 1 N–H and O–H groups in total. The van der Waals surface area contributed by atoms with Crippen LogP contribution in [0.5, 0.6) is 0 Å². The van der Waals surface area contributed by atoms with Gasteiger partial charge in [0.1, 0.15) is 5.00 Å². The number of ether oxygens (including phenoxy) is 1. The maximum absolute atomic E-state index is 13.6. The van der Waals surface area contributed by atoms with Gasteiger partial charge in [-0.2, -0.15) is 4.31 Å². The molecule has 4 rings (SSSR count). The van der Waals surface area contributed by atoms with E-state index in [1.54, 1.807) is 9.80 Å². The lowest BCUT2D eigenvalue weighted by molar-refractivity contribution is -0.129. The molecule has 1 aromatic heterocycles. The van der Waals surface area contributed by atoms with E-state index in [4.69, 9.17) is 4.74 Å². The average molecular weight is 573 g/mol. The van der Waals surface area contributed by atoms with Gasteiger partial charge in [-0.05, 0) is 36.2 Å². The van der Waals surface area contributed by atoms with E-state index in [2.05, 4.69) is 18.5 Å². The van der Waals surface area contributed by atoms with Gasteiger partial charge in [0.25, 0.3) is 11.8 Å². The highest BCUT2D eigenvalue weighted by atomic mass is 32.2. The summed E-state index contributed by atoms with van der Waals surface area (Å²) in [6, 6.07) is 5.65. The van der Waals surface area contributed by atoms with Crippen molar-refractivity contribution < 1.29 is 27.5 Å². The van der Waals surface area contributed by atoms with Crippen LogP contribution in [0.25, 0.3) is 0 Å². The molecular formula is C27H32N4O6S2. The smallest absolute Gasteiger partial charge is 0.257 e. The predicted molar refractivity (Wildman–Crippen MR) is 149 cm³/mol.